The summed E-state index contributed by atoms with van der Waals surface area (Å²) in [7, 11) is 0. The number of hydrogen-bond donors (Lipinski definition) is 1. The first-order chi connectivity index (χ1) is 12.5. The summed E-state index contributed by atoms with van der Waals surface area (Å²) in [6, 6.07) is 7.07. The molecule has 0 fully saturated rings. The molecule has 1 N–H and O–H groups in total. The molecule has 0 saturated heterocycles. The van der Waals surface area contributed by atoms with Crippen molar-refractivity contribution in [2.45, 2.75) is 46.1 Å². The number of thiophene rings is 1. The molecule has 26 heavy (non-hydrogen) atoms. The molecular formula is C20H22N2O3S. The molecule has 0 amide bonds. The summed E-state index contributed by atoms with van der Waals surface area (Å²) in [6.45, 7) is 5.79. The number of carbonyl (C=O) groups is 1. The molecule has 136 valence electrons. The third-order valence-electron chi connectivity index (χ3n) is 4.53. The molecule has 3 aromatic rings. The van der Waals surface area contributed by atoms with Crippen LogP contribution in [0.15, 0.2) is 34.4 Å². The van der Waals surface area contributed by atoms with Crippen LogP contribution in [0.4, 0.5) is 0 Å². The van der Waals surface area contributed by atoms with E-state index in [4.69, 9.17) is 0 Å². The lowest BCUT2D eigenvalue weighted by Crippen LogP contribution is -2.33. The molecule has 0 radical (unpaired) electrons. The Hall–Kier alpha value is -2.47. The lowest BCUT2D eigenvalue weighted by molar-refractivity contribution is -0.141. The van der Waals surface area contributed by atoms with E-state index in [1.807, 2.05) is 43.5 Å². The molecule has 2 heterocycles. The Morgan fingerprint density at radius 2 is 1.96 bits per heavy atom. The molecule has 0 saturated carbocycles. The number of nitrogens with zero attached hydrogens (tertiary/aromatic N) is 2. The molecule has 3 rings (SSSR count). The Bertz CT molecular complexity index is 1000. The Balaban J connectivity index is 2.31. The number of aryl methyl sites for hydroxylation is 2. The number of hydrogen-bond acceptors (Lipinski definition) is 4. The maximum Gasteiger partial charge on any atom is 0.326 e. The van der Waals surface area contributed by atoms with Gasteiger partial charge >= 0.3 is 5.97 Å². The number of aromatic nitrogens is 2. The van der Waals surface area contributed by atoms with Crippen LogP contribution in [0.1, 0.15) is 44.1 Å². The highest BCUT2D eigenvalue weighted by molar-refractivity contribution is 7.17. The molecule has 1 atom stereocenters. The molecule has 0 aliphatic carbocycles. The minimum Gasteiger partial charge on any atom is -0.480 e. The van der Waals surface area contributed by atoms with Crippen molar-refractivity contribution in [3.63, 3.8) is 0 Å². The van der Waals surface area contributed by atoms with Crippen LogP contribution in [0, 0.1) is 6.92 Å². The molecule has 1 aromatic carbocycles. The topological polar surface area (TPSA) is 72.2 Å². The fraction of sp³-hybridized carbons (Fsp3) is 0.350. The standard InChI is InChI=1S/C20H22N2O3S/c1-4-6-16-21-18-17(19(23)22(16)15(5-2)20(24)25)14(11-26-18)13-9-7-12(3)8-10-13/h7-11,15H,4-6H2,1-3H3,(H,24,25). The van der Waals surface area contributed by atoms with E-state index in [0.717, 1.165) is 23.1 Å². The van der Waals surface area contributed by atoms with E-state index >= 15 is 0 Å². The summed E-state index contributed by atoms with van der Waals surface area (Å²) >= 11 is 1.43. The van der Waals surface area contributed by atoms with Gasteiger partial charge in [-0.15, -0.1) is 11.3 Å². The lowest BCUT2D eigenvalue weighted by atomic mass is 10.0. The predicted octanol–water partition coefficient (Wildman–Crippen LogP) is 4.42. The van der Waals surface area contributed by atoms with Crippen molar-refractivity contribution >= 4 is 27.5 Å². The summed E-state index contributed by atoms with van der Waals surface area (Å²) in [5.41, 5.74) is 2.65. The first-order valence-corrected chi connectivity index (χ1v) is 9.68. The van der Waals surface area contributed by atoms with Crippen LogP contribution in [-0.2, 0) is 11.2 Å². The first-order valence-electron chi connectivity index (χ1n) is 8.80. The van der Waals surface area contributed by atoms with E-state index in [1.54, 1.807) is 6.92 Å². The molecule has 5 nitrogen and oxygen atoms in total. The van der Waals surface area contributed by atoms with Crippen molar-refractivity contribution in [2.75, 3.05) is 0 Å². The first kappa shape index (κ1) is 18.3. The van der Waals surface area contributed by atoms with Crippen LogP contribution in [0.2, 0.25) is 0 Å². The van der Waals surface area contributed by atoms with Gasteiger partial charge in [-0.25, -0.2) is 9.78 Å². The average Bonchev–Trinajstić information content (AvgIpc) is 3.03. The smallest absolute Gasteiger partial charge is 0.326 e. The van der Waals surface area contributed by atoms with Gasteiger partial charge in [0.25, 0.3) is 5.56 Å². The zero-order chi connectivity index (χ0) is 18.8. The van der Waals surface area contributed by atoms with E-state index in [1.165, 1.54) is 15.9 Å². The summed E-state index contributed by atoms with van der Waals surface area (Å²) in [5, 5.41) is 12.0. The van der Waals surface area contributed by atoms with Gasteiger partial charge in [-0.3, -0.25) is 9.36 Å². The number of carboxylic acid groups (broad SMARTS) is 1. The number of aliphatic carboxylic acids is 1. The van der Waals surface area contributed by atoms with Gasteiger partial charge in [0.2, 0.25) is 0 Å². The van der Waals surface area contributed by atoms with E-state index in [-0.39, 0.29) is 5.56 Å². The lowest BCUT2D eigenvalue weighted by Gasteiger charge is -2.18. The number of benzene rings is 1. The Kier molecular flexibility index (Phi) is 5.23. The van der Waals surface area contributed by atoms with Crippen molar-refractivity contribution in [1.29, 1.82) is 0 Å². The molecule has 0 spiro atoms. The molecule has 6 heteroatoms. The highest BCUT2D eigenvalue weighted by atomic mass is 32.1. The normalized spacial score (nSPS) is 12.4. The van der Waals surface area contributed by atoms with Crippen molar-refractivity contribution in [2.24, 2.45) is 0 Å². The third-order valence-corrected chi connectivity index (χ3v) is 5.40. The van der Waals surface area contributed by atoms with Crippen molar-refractivity contribution in [3.8, 4) is 11.1 Å². The quantitative estimate of drug-likeness (QED) is 0.697. The summed E-state index contributed by atoms with van der Waals surface area (Å²) in [6.07, 6.45) is 1.71. The van der Waals surface area contributed by atoms with Gasteiger partial charge in [0.05, 0.1) is 5.39 Å². The second kappa shape index (κ2) is 7.41. The molecule has 1 unspecified atom stereocenters. The van der Waals surface area contributed by atoms with E-state index in [0.29, 0.717) is 28.9 Å². The van der Waals surface area contributed by atoms with Crippen LogP contribution in [0.5, 0.6) is 0 Å². The molecule has 0 bridgehead atoms. The summed E-state index contributed by atoms with van der Waals surface area (Å²) in [4.78, 5) is 30.4. The fourth-order valence-corrected chi connectivity index (χ4v) is 4.14. The fourth-order valence-electron chi connectivity index (χ4n) is 3.18. The minimum absolute atomic E-state index is 0.260. The monoisotopic (exact) mass is 370 g/mol. The number of carboxylic acids is 1. The van der Waals surface area contributed by atoms with Crippen LogP contribution < -0.4 is 5.56 Å². The third kappa shape index (κ3) is 3.17. The highest BCUT2D eigenvalue weighted by Gasteiger charge is 2.25. The summed E-state index contributed by atoms with van der Waals surface area (Å²) < 4.78 is 1.39. The van der Waals surface area contributed by atoms with Gasteiger partial charge in [-0.2, -0.15) is 0 Å². The zero-order valence-corrected chi connectivity index (χ0v) is 16.0. The van der Waals surface area contributed by atoms with Crippen molar-refractivity contribution < 1.29 is 9.90 Å². The largest absolute Gasteiger partial charge is 0.480 e. The SMILES string of the molecule is CCCc1nc2scc(-c3ccc(C)cc3)c2c(=O)n1C(CC)C(=O)O. The van der Waals surface area contributed by atoms with E-state index < -0.39 is 12.0 Å². The van der Waals surface area contributed by atoms with Gasteiger partial charge < -0.3 is 5.11 Å². The van der Waals surface area contributed by atoms with Crippen molar-refractivity contribution in [1.82, 2.24) is 9.55 Å². The van der Waals surface area contributed by atoms with E-state index in [2.05, 4.69) is 4.98 Å². The molecule has 2 aromatic heterocycles. The van der Waals surface area contributed by atoms with Crippen LogP contribution in [0.3, 0.4) is 0 Å². The Morgan fingerprint density at radius 1 is 1.27 bits per heavy atom. The van der Waals surface area contributed by atoms with Gasteiger partial charge in [0.15, 0.2) is 0 Å². The Labute approximate surface area is 155 Å². The van der Waals surface area contributed by atoms with Gasteiger partial charge in [-0.1, -0.05) is 43.7 Å². The molecular weight excluding hydrogens is 348 g/mol. The number of fused-ring (bicyclic) bond motifs is 1. The molecule has 0 aliphatic heterocycles. The predicted molar refractivity (Wildman–Crippen MR) is 105 cm³/mol. The van der Waals surface area contributed by atoms with Crippen LogP contribution >= 0.6 is 11.3 Å². The summed E-state index contributed by atoms with van der Waals surface area (Å²) in [5.74, 6) is -0.447. The second-order valence-corrected chi connectivity index (χ2v) is 7.27. The highest BCUT2D eigenvalue weighted by Crippen LogP contribution is 2.32. The van der Waals surface area contributed by atoms with Crippen LogP contribution in [-0.4, -0.2) is 20.6 Å². The Morgan fingerprint density at radius 3 is 2.54 bits per heavy atom. The van der Waals surface area contributed by atoms with E-state index in [9.17, 15) is 14.7 Å². The second-order valence-electron chi connectivity index (χ2n) is 6.41. The van der Waals surface area contributed by atoms with Gasteiger partial charge in [0.1, 0.15) is 16.7 Å². The average molecular weight is 370 g/mol. The minimum atomic E-state index is -1.000. The van der Waals surface area contributed by atoms with Gasteiger partial charge in [-0.05, 0) is 25.3 Å². The van der Waals surface area contributed by atoms with Gasteiger partial charge in [0, 0.05) is 17.4 Å². The number of rotatable bonds is 6. The maximum atomic E-state index is 13.3. The molecule has 0 aliphatic rings. The maximum absolute atomic E-state index is 13.3. The van der Waals surface area contributed by atoms with Crippen LogP contribution in [0.25, 0.3) is 21.3 Å². The van der Waals surface area contributed by atoms with Crippen molar-refractivity contribution in [3.05, 3.63) is 51.4 Å². The zero-order valence-electron chi connectivity index (χ0n) is 15.2.